The Morgan fingerprint density at radius 3 is 2.83 bits per heavy atom. The van der Waals surface area contributed by atoms with Crippen LogP contribution in [0.2, 0.25) is 10.0 Å². The van der Waals surface area contributed by atoms with Crippen molar-refractivity contribution < 1.29 is 9.21 Å². The quantitative estimate of drug-likeness (QED) is 0.732. The first-order valence-corrected chi connectivity index (χ1v) is 7.70. The molecule has 1 aromatic carbocycles. The van der Waals surface area contributed by atoms with Crippen molar-refractivity contribution in [2.45, 2.75) is 6.42 Å². The van der Waals surface area contributed by atoms with E-state index in [1.54, 1.807) is 18.3 Å². The van der Waals surface area contributed by atoms with E-state index < -0.39 is 0 Å². The smallest absolute Gasteiger partial charge is 0.271 e. The predicted molar refractivity (Wildman–Crippen MR) is 88.8 cm³/mol. The molecule has 118 valence electrons. The number of aromatic amines is 1. The number of aromatic nitrogens is 2. The summed E-state index contributed by atoms with van der Waals surface area (Å²) in [4.78, 5) is 18.4. The molecule has 0 bridgehead atoms. The van der Waals surface area contributed by atoms with Crippen LogP contribution in [0, 0.1) is 0 Å². The molecule has 2 heterocycles. The molecule has 0 atom stereocenters. The third-order valence-corrected chi connectivity index (χ3v) is 3.99. The van der Waals surface area contributed by atoms with Crippen LogP contribution in [0.4, 0.5) is 0 Å². The molecule has 0 saturated heterocycles. The minimum absolute atomic E-state index is 0.220. The number of benzene rings is 1. The number of rotatable bonds is 5. The third-order valence-electron chi connectivity index (χ3n) is 3.25. The molecule has 2 aromatic heterocycles. The van der Waals surface area contributed by atoms with Crippen molar-refractivity contribution in [2.24, 2.45) is 0 Å². The number of nitrogens with one attached hydrogen (secondary N) is 2. The Morgan fingerprint density at radius 2 is 2.09 bits per heavy atom. The first-order valence-electron chi connectivity index (χ1n) is 6.94. The molecule has 0 fully saturated rings. The van der Waals surface area contributed by atoms with Gasteiger partial charge in [-0.1, -0.05) is 23.2 Å². The molecule has 0 aliphatic carbocycles. The number of imidazole rings is 1. The summed E-state index contributed by atoms with van der Waals surface area (Å²) in [5.41, 5.74) is 1.21. The Morgan fingerprint density at radius 1 is 1.22 bits per heavy atom. The van der Waals surface area contributed by atoms with Crippen LogP contribution in [0.5, 0.6) is 0 Å². The fourth-order valence-electron chi connectivity index (χ4n) is 2.09. The number of carbonyl (C=O) groups is 1. The van der Waals surface area contributed by atoms with E-state index in [9.17, 15) is 4.79 Å². The van der Waals surface area contributed by atoms with Gasteiger partial charge in [-0.25, -0.2) is 4.98 Å². The highest BCUT2D eigenvalue weighted by Crippen LogP contribution is 2.29. The monoisotopic (exact) mass is 349 g/mol. The van der Waals surface area contributed by atoms with E-state index in [2.05, 4.69) is 15.3 Å². The van der Waals surface area contributed by atoms with Crippen LogP contribution in [0.1, 0.15) is 16.2 Å². The number of carbonyl (C=O) groups excluding carboxylic acids is 1. The lowest BCUT2D eigenvalue weighted by molar-refractivity contribution is 0.0949. The van der Waals surface area contributed by atoms with Gasteiger partial charge in [0.15, 0.2) is 0 Å². The van der Waals surface area contributed by atoms with E-state index in [0.29, 0.717) is 34.5 Å². The largest absolute Gasteiger partial charge is 0.461 e. The molecule has 0 spiro atoms. The lowest BCUT2D eigenvalue weighted by Crippen LogP contribution is -2.25. The highest BCUT2D eigenvalue weighted by Gasteiger charge is 2.09. The molecule has 3 aromatic rings. The first kappa shape index (κ1) is 15.6. The average Bonchev–Trinajstić information content (AvgIpc) is 3.21. The van der Waals surface area contributed by atoms with Gasteiger partial charge in [0.05, 0.1) is 16.4 Å². The molecule has 0 aliphatic rings. The van der Waals surface area contributed by atoms with Gasteiger partial charge in [-0.15, -0.1) is 0 Å². The summed E-state index contributed by atoms with van der Waals surface area (Å²) < 4.78 is 5.76. The Kier molecular flexibility index (Phi) is 4.69. The van der Waals surface area contributed by atoms with Crippen LogP contribution in [-0.4, -0.2) is 22.4 Å². The van der Waals surface area contributed by atoms with Crippen molar-refractivity contribution >= 4 is 29.1 Å². The first-order chi connectivity index (χ1) is 11.1. The van der Waals surface area contributed by atoms with Crippen molar-refractivity contribution in [3.05, 3.63) is 64.4 Å². The van der Waals surface area contributed by atoms with Gasteiger partial charge in [-0.2, -0.15) is 0 Å². The molecule has 0 aliphatic heterocycles. The van der Waals surface area contributed by atoms with Crippen LogP contribution in [-0.2, 0) is 6.42 Å². The molecule has 0 unspecified atom stereocenters. The topological polar surface area (TPSA) is 70.9 Å². The van der Waals surface area contributed by atoms with E-state index in [0.717, 1.165) is 11.3 Å². The molecule has 0 saturated carbocycles. The van der Waals surface area contributed by atoms with Crippen LogP contribution >= 0.6 is 23.2 Å². The maximum Gasteiger partial charge on any atom is 0.271 e. The van der Waals surface area contributed by atoms with E-state index in [4.69, 9.17) is 27.6 Å². The average molecular weight is 350 g/mol. The van der Waals surface area contributed by atoms with Gasteiger partial charge in [0, 0.05) is 24.7 Å². The van der Waals surface area contributed by atoms with E-state index in [1.165, 1.54) is 6.33 Å². The second-order valence-electron chi connectivity index (χ2n) is 4.86. The zero-order valence-corrected chi connectivity index (χ0v) is 13.5. The summed E-state index contributed by atoms with van der Waals surface area (Å²) >= 11 is 11.9. The molecular formula is C16H13Cl2N3O2. The van der Waals surface area contributed by atoms with Crippen molar-refractivity contribution in [1.82, 2.24) is 15.3 Å². The Hall–Kier alpha value is -2.24. The number of nitrogens with zero attached hydrogens (tertiary/aromatic N) is 1. The summed E-state index contributed by atoms with van der Waals surface area (Å²) in [5, 5.41) is 3.76. The minimum atomic E-state index is -0.220. The van der Waals surface area contributed by atoms with Crippen molar-refractivity contribution in [3.8, 4) is 11.3 Å². The standard InChI is InChI=1S/C16H13Cl2N3O2/c17-12-3-1-10(7-13(12)18)15-4-2-11(23-15)5-6-20-16(22)14-8-19-9-21-14/h1-4,7-9H,5-6H2,(H,19,21)(H,20,22). The van der Waals surface area contributed by atoms with Gasteiger partial charge in [0.25, 0.3) is 5.91 Å². The second-order valence-corrected chi connectivity index (χ2v) is 5.67. The second kappa shape index (κ2) is 6.89. The van der Waals surface area contributed by atoms with Crippen LogP contribution in [0.15, 0.2) is 47.3 Å². The summed E-state index contributed by atoms with van der Waals surface area (Å²) in [6.07, 6.45) is 3.59. The molecule has 23 heavy (non-hydrogen) atoms. The summed E-state index contributed by atoms with van der Waals surface area (Å²) in [5.74, 6) is 1.26. The molecule has 1 amide bonds. The Labute approximate surface area is 142 Å². The Balaban J connectivity index is 1.59. The van der Waals surface area contributed by atoms with Gasteiger partial charge in [0.1, 0.15) is 17.2 Å². The molecule has 3 rings (SSSR count). The third kappa shape index (κ3) is 3.75. The molecule has 7 heteroatoms. The maximum atomic E-state index is 11.7. The van der Waals surface area contributed by atoms with Crippen LogP contribution in [0.25, 0.3) is 11.3 Å². The van der Waals surface area contributed by atoms with E-state index in [-0.39, 0.29) is 5.91 Å². The van der Waals surface area contributed by atoms with Gasteiger partial charge >= 0.3 is 0 Å². The van der Waals surface area contributed by atoms with Crippen molar-refractivity contribution in [2.75, 3.05) is 6.54 Å². The van der Waals surface area contributed by atoms with Crippen molar-refractivity contribution in [1.29, 1.82) is 0 Å². The summed E-state index contributed by atoms with van der Waals surface area (Å²) in [6.45, 7) is 0.458. The number of H-pyrrole nitrogens is 1. The number of hydrogen-bond acceptors (Lipinski definition) is 3. The van der Waals surface area contributed by atoms with Crippen molar-refractivity contribution in [3.63, 3.8) is 0 Å². The molecule has 5 nitrogen and oxygen atoms in total. The molecule has 2 N–H and O–H groups in total. The van der Waals surface area contributed by atoms with E-state index >= 15 is 0 Å². The minimum Gasteiger partial charge on any atom is -0.461 e. The maximum absolute atomic E-state index is 11.7. The van der Waals surface area contributed by atoms with Gasteiger partial charge in [0.2, 0.25) is 0 Å². The fraction of sp³-hybridized carbons (Fsp3) is 0.125. The zero-order valence-electron chi connectivity index (χ0n) is 12.0. The fourth-order valence-corrected chi connectivity index (χ4v) is 2.39. The van der Waals surface area contributed by atoms with Gasteiger partial charge in [-0.3, -0.25) is 4.79 Å². The lowest BCUT2D eigenvalue weighted by atomic mass is 10.2. The SMILES string of the molecule is O=C(NCCc1ccc(-c2ccc(Cl)c(Cl)c2)o1)c1c[nH]cn1. The predicted octanol–water partition coefficient (Wildman–Crippen LogP) is 3.95. The highest BCUT2D eigenvalue weighted by atomic mass is 35.5. The number of amides is 1. The molecular weight excluding hydrogens is 337 g/mol. The highest BCUT2D eigenvalue weighted by molar-refractivity contribution is 6.42. The Bertz CT molecular complexity index is 813. The van der Waals surface area contributed by atoms with Crippen LogP contribution < -0.4 is 5.32 Å². The summed E-state index contributed by atoms with van der Waals surface area (Å²) in [6, 6.07) is 9.07. The normalized spacial score (nSPS) is 10.7. The number of halogens is 2. The van der Waals surface area contributed by atoms with Gasteiger partial charge in [-0.05, 0) is 30.3 Å². The van der Waals surface area contributed by atoms with Gasteiger partial charge < -0.3 is 14.7 Å². The number of furan rings is 1. The molecule has 0 radical (unpaired) electrons. The van der Waals surface area contributed by atoms with E-state index in [1.807, 2.05) is 18.2 Å². The summed E-state index contributed by atoms with van der Waals surface area (Å²) in [7, 11) is 0. The van der Waals surface area contributed by atoms with Crippen LogP contribution in [0.3, 0.4) is 0 Å². The zero-order chi connectivity index (χ0) is 16.2. The lowest BCUT2D eigenvalue weighted by Gasteiger charge is -2.02. The number of hydrogen-bond donors (Lipinski definition) is 2.